The van der Waals surface area contributed by atoms with Crippen LogP contribution in [-0.4, -0.2) is 11.8 Å². The minimum Gasteiger partial charge on any atom is -0.325 e. The Morgan fingerprint density at radius 2 is 1.79 bits per heavy atom. The minimum absolute atomic E-state index is 0.343. The van der Waals surface area contributed by atoms with E-state index in [1.165, 1.54) is 18.2 Å². The molecule has 0 unspecified atom stereocenters. The van der Waals surface area contributed by atoms with Crippen LogP contribution >= 0.6 is 15.9 Å². The van der Waals surface area contributed by atoms with E-state index in [0.29, 0.717) is 24.2 Å². The highest BCUT2D eigenvalue weighted by molar-refractivity contribution is 9.10. The lowest BCUT2D eigenvalue weighted by Crippen LogP contribution is -2.35. The van der Waals surface area contributed by atoms with Crippen LogP contribution in [0.4, 0.5) is 15.8 Å². The molecular weight excluding hydrogens is 375 g/mol. The molecule has 2 N–H and O–H groups in total. The maximum absolute atomic E-state index is 13.2. The smallest absolute Gasteiger partial charge is 0.240 e. The molecule has 0 saturated heterocycles. The number of aryl methyl sites for hydroxylation is 1. The molecule has 0 radical (unpaired) electrons. The van der Waals surface area contributed by atoms with Crippen molar-refractivity contribution in [2.45, 2.75) is 19.8 Å². The number of benzene rings is 2. The van der Waals surface area contributed by atoms with Crippen LogP contribution in [0.3, 0.4) is 0 Å². The molecule has 0 atom stereocenters. The molecule has 2 aromatic carbocycles. The number of halogens is 2. The van der Waals surface area contributed by atoms with Crippen molar-refractivity contribution in [1.29, 1.82) is 0 Å². The number of nitrogens with one attached hydrogen (secondary N) is 2. The van der Waals surface area contributed by atoms with E-state index in [-0.39, 0.29) is 5.91 Å². The van der Waals surface area contributed by atoms with Crippen molar-refractivity contribution in [2.75, 3.05) is 10.6 Å². The average molecular weight is 391 g/mol. The van der Waals surface area contributed by atoms with Gasteiger partial charge in [0.05, 0.1) is 5.69 Å². The van der Waals surface area contributed by atoms with E-state index in [9.17, 15) is 14.0 Å². The highest BCUT2D eigenvalue weighted by atomic mass is 79.9. The van der Waals surface area contributed by atoms with Gasteiger partial charge in [0.15, 0.2) is 0 Å². The molecule has 1 aliphatic carbocycles. The van der Waals surface area contributed by atoms with Gasteiger partial charge >= 0.3 is 0 Å². The first-order chi connectivity index (χ1) is 11.4. The lowest BCUT2D eigenvalue weighted by atomic mass is 10.0. The number of amides is 2. The highest BCUT2D eigenvalue weighted by Gasteiger charge is 2.56. The molecule has 4 nitrogen and oxygen atoms in total. The van der Waals surface area contributed by atoms with Crippen molar-refractivity contribution >= 4 is 39.1 Å². The Balaban J connectivity index is 1.73. The third kappa shape index (κ3) is 3.33. The van der Waals surface area contributed by atoms with Crippen molar-refractivity contribution < 1.29 is 14.0 Å². The summed E-state index contributed by atoms with van der Waals surface area (Å²) in [7, 11) is 0. The second-order valence-electron chi connectivity index (χ2n) is 5.98. The monoisotopic (exact) mass is 390 g/mol. The molecule has 2 amide bonds. The summed E-state index contributed by atoms with van der Waals surface area (Å²) >= 11 is 3.40. The normalized spacial score (nSPS) is 14.8. The zero-order chi connectivity index (χ0) is 17.3. The first-order valence-corrected chi connectivity index (χ1v) is 8.35. The Hall–Kier alpha value is -2.21. The van der Waals surface area contributed by atoms with E-state index in [0.717, 1.165) is 10.0 Å². The number of carbonyl (C=O) groups excluding carboxylic acids is 2. The molecule has 0 heterocycles. The molecule has 6 heteroatoms. The van der Waals surface area contributed by atoms with Crippen molar-refractivity contribution in [3.05, 3.63) is 58.3 Å². The average Bonchev–Trinajstić information content (AvgIpc) is 3.32. The fourth-order valence-electron chi connectivity index (χ4n) is 2.46. The zero-order valence-electron chi connectivity index (χ0n) is 13.0. The van der Waals surface area contributed by atoms with Crippen LogP contribution in [0.25, 0.3) is 0 Å². The van der Waals surface area contributed by atoms with Crippen LogP contribution in [-0.2, 0) is 9.59 Å². The number of anilines is 2. The summed E-state index contributed by atoms with van der Waals surface area (Å²) in [6.07, 6.45) is 0.951. The van der Waals surface area contributed by atoms with Gasteiger partial charge in [0, 0.05) is 10.2 Å². The molecule has 3 rings (SSSR count). The summed E-state index contributed by atoms with van der Waals surface area (Å²) in [5.41, 5.74) is 0.937. The molecule has 2 aromatic rings. The maximum Gasteiger partial charge on any atom is 0.240 e. The van der Waals surface area contributed by atoms with Gasteiger partial charge in [-0.05, 0) is 71.6 Å². The van der Waals surface area contributed by atoms with Crippen molar-refractivity contribution in [3.63, 3.8) is 0 Å². The summed E-state index contributed by atoms with van der Waals surface area (Å²) in [5.74, 6) is -1.19. The number of rotatable bonds is 4. The fraction of sp³-hybridized carbons (Fsp3) is 0.222. The molecule has 124 valence electrons. The van der Waals surface area contributed by atoms with Gasteiger partial charge in [-0.25, -0.2) is 4.39 Å². The topological polar surface area (TPSA) is 58.2 Å². The quantitative estimate of drug-likeness (QED) is 0.766. The molecule has 1 saturated carbocycles. The van der Waals surface area contributed by atoms with E-state index in [4.69, 9.17) is 0 Å². The van der Waals surface area contributed by atoms with Crippen LogP contribution in [0.1, 0.15) is 18.4 Å². The lowest BCUT2D eigenvalue weighted by molar-refractivity contribution is -0.131. The summed E-state index contributed by atoms with van der Waals surface area (Å²) in [4.78, 5) is 25.0. The Labute approximate surface area is 147 Å². The molecule has 1 fully saturated rings. The second-order valence-corrected chi connectivity index (χ2v) is 6.84. The predicted molar refractivity (Wildman–Crippen MR) is 94.2 cm³/mol. The van der Waals surface area contributed by atoms with E-state index in [1.807, 2.05) is 19.1 Å². The van der Waals surface area contributed by atoms with Gasteiger partial charge in [-0.15, -0.1) is 0 Å². The molecule has 0 bridgehead atoms. The van der Waals surface area contributed by atoms with Gasteiger partial charge < -0.3 is 10.6 Å². The first-order valence-electron chi connectivity index (χ1n) is 7.55. The van der Waals surface area contributed by atoms with Crippen LogP contribution in [0, 0.1) is 18.2 Å². The van der Waals surface area contributed by atoms with E-state index in [1.54, 1.807) is 12.1 Å². The van der Waals surface area contributed by atoms with Crippen molar-refractivity contribution in [1.82, 2.24) is 0 Å². The van der Waals surface area contributed by atoms with Gasteiger partial charge in [-0.1, -0.05) is 12.1 Å². The predicted octanol–water partition coefficient (Wildman–Crippen LogP) is 4.25. The fourth-order valence-corrected chi connectivity index (χ4v) is 3.06. The van der Waals surface area contributed by atoms with Gasteiger partial charge in [-0.2, -0.15) is 0 Å². The summed E-state index contributed by atoms with van der Waals surface area (Å²) < 4.78 is 14.0. The van der Waals surface area contributed by atoms with Crippen molar-refractivity contribution in [2.24, 2.45) is 5.41 Å². The molecule has 0 aliphatic heterocycles. The van der Waals surface area contributed by atoms with Gasteiger partial charge in [0.2, 0.25) is 11.8 Å². The molecule has 1 aliphatic rings. The van der Waals surface area contributed by atoms with Crippen LogP contribution in [0.2, 0.25) is 0 Å². The SMILES string of the molecule is Cc1ccc(NC(=O)C2(C(=O)Nc3cccc(F)c3)CC2)c(Br)c1. The zero-order valence-corrected chi connectivity index (χ0v) is 14.6. The standard InChI is InChI=1S/C18H16BrFN2O2/c1-11-5-6-15(14(19)9-11)22-17(24)18(7-8-18)16(23)21-13-4-2-3-12(20)10-13/h2-6,9-10H,7-8H2,1H3,(H,21,23)(H,22,24). The van der Waals surface area contributed by atoms with E-state index in [2.05, 4.69) is 26.6 Å². The maximum atomic E-state index is 13.2. The van der Waals surface area contributed by atoms with E-state index >= 15 is 0 Å². The van der Waals surface area contributed by atoms with Gasteiger partial charge in [-0.3, -0.25) is 9.59 Å². The summed E-state index contributed by atoms with van der Waals surface area (Å²) in [5, 5.41) is 5.42. The lowest BCUT2D eigenvalue weighted by Gasteiger charge is -2.16. The summed E-state index contributed by atoms with van der Waals surface area (Å²) in [6, 6.07) is 11.2. The minimum atomic E-state index is -1.09. The highest BCUT2D eigenvalue weighted by Crippen LogP contribution is 2.47. The van der Waals surface area contributed by atoms with Gasteiger partial charge in [0.1, 0.15) is 11.2 Å². The number of hydrogen-bond donors (Lipinski definition) is 2. The van der Waals surface area contributed by atoms with Crippen molar-refractivity contribution in [3.8, 4) is 0 Å². The molecule has 0 spiro atoms. The number of hydrogen-bond acceptors (Lipinski definition) is 2. The first kappa shape index (κ1) is 16.6. The van der Waals surface area contributed by atoms with Crippen LogP contribution in [0.15, 0.2) is 46.9 Å². The molecular formula is C18H16BrFN2O2. The Morgan fingerprint density at radius 1 is 1.08 bits per heavy atom. The Morgan fingerprint density at radius 3 is 2.42 bits per heavy atom. The summed E-state index contributed by atoms with van der Waals surface area (Å²) in [6.45, 7) is 1.95. The Kier molecular flexibility index (Phi) is 4.41. The molecule has 0 aromatic heterocycles. The second kappa shape index (κ2) is 6.36. The largest absolute Gasteiger partial charge is 0.325 e. The van der Waals surface area contributed by atoms with E-state index < -0.39 is 17.1 Å². The third-order valence-electron chi connectivity index (χ3n) is 4.07. The van der Waals surface area contributed by atoms with Crippen LogP contribution < -0.4 is 10.6 Å². The number of carbonyl (C=O) groups is 2. The molecule has 24 heavy (non-hydrogen) atoms. The third-order valence-corrected chi connectivity index (χ3v) is 4.73. The van der Waals surface area contributed by atoms with Gasteiger partial charge in [0.25, 0.3) is 0 Å². The Bertz CT molecular complexity index is 818. The van der Waals surface area contributed by atoms with Crippen LogP contribution in [0.5, 0.6) is 0 Å².